The van der Waals surface area contributed by atoms with E-state index in [0.717, 1.165) is 23.6 Å². The molecule has 0 saturated carbocycles. The number of carbonyl (C=O) groups is 1. The van der Waals surface area contributed by atoms with Crippen LogP contribution in [0.3, 0.4) is 0 Å². The van der Waals surface area contributed by atoms with E-state index in [1.165, 1.54) is 0 Å². The molecule has 0 radical (unpaired) electrons. The molecule has 4 nitrogen and oxygen atoms in total. The van der Waals surface area contributed by atoms with Crippen LogP contribution < -0.4 is 10.6 Å². The first-order valence-corrected chi connectivity index (χ1v) is 6.92. The summed E-state index contributed by atoms with van der Waals surface area (Å²) in [5.74, 6) is 1.86. The normalized spacial score (nSPS) is 10.3. The Morgan fingerprint density at radius 1 is 1.05 bits per heavy atom. The highest BCUT2D eigenvalue weighted by Gasteiger charge is 2.04. The lowest BCUT2D eigenvalue weighted by Gasteiger charge is -2.06. The fraction of sp³-hybridized carbons (Fsp3) is 0.312. The minimum atomic E-state index is -0.0438. The molecule has 1 amide bonds. The molecule has 1 aromatic carbocycles. The van der Waals surface area contributed by atoms with Crippen LogP contribution in [0.4, 0.5) is 5.69 Å². The van der Waals surface area contributed by atoms with Gasteiger partial charge in [0.05, 0.1) is 6.54 Å². The lowest BCUT2D eigenvalue weighted by atomic mass is 10.2. The van der Waals surface area contributed by atoms with Crippen LogP contribution in [0.25, 0.3) is 0 Å². The average Bonchev–Trinajstić information content (AvgIpc) is 2.94. The molecule has 0 saturated heterocycles. The topological polar surface area (TPSA) is 54.3 Å². The lowest BCUT2D eigenvalue weighted by molar-refractivity contribution is 0.0956. The van der Waals surface area contributed by atoms with Crippen molar-refractivity contribution in [1.82, 2.24) is 5.32 Å². The Morgan fingerprint density at radius 2 is 1.75 bits per heavy atom. The van der Waals surface area contributed by atoms with E-state index in [-0.39, 0.29) is 5.91 Å². The average molecular weight is 272 g/mol. The molecule has 0 fully saturated rings. The van der Waals surface area contributed by atoms with Crippen LogP contribution >= 0.6 is 0 Å². The number of anilines is 1. The van der Waals surface area contributed by atoms with Crippen LogP contribution in [0, 0.1) is 0 Å². The third-order valence-electron chi connectivity index (χ3n) is 3.02. The largest absolute Gasteiger partial charge is 0.464 e. The minimum Gasteiger partial charge on any atom is -0.464 e. The van der Waals surface area contributed by atoms with Crippen molar-refractivity contribution in [2.75, 3.05) is 11.9 Å². The number of benzene rings is 1. The second-order valence-electron chi connectivity index (χ2n) is 4.51. The van der Waals surface area contributed by atoms with Gasteiger partial charge in [-0.25, -0.2) is 0 Å². The number of furan rings is 1. The summed E-state index contributed by atoms with van der Waals surface area (Å²) in [4.78, 5) is 11.6. The van der Waals surface area contributed by atoms with Gasteiger partial charge in [-0.1, -0.05) is 6.92 Å². The summed E-state index contributed by atoms with van der Waals surface area (Å²) in [7, 11) is 0. The summed E-state index contributed by atoms with van der Waals surface area (Å²) in [5, 5.41) is 6.05. The Kier molecular flexibility index (Phi) is 4.82. The number of rotatable bonds is 6. The maximum absolute atomic E-state index is 11.6. The fourth-order valence-corrected chi connectivity index (χ4v) is 1.90. The van der Waals surface area contributed by atoms with E-state index in [1.807, 2.05) is 43.3 Å². The van der Waals surface area contributed by atoms with E-state index in [0.29, 0.717) is 18.7 Å². The van der Waals surface area contributed by atoms with Crippen molar-refractivity contribution in [3.05, 3.63) is 53.5 Å². The SMILES string of the molecule is CCNC(=O)c1ccc(NCc2ccc(CC)o2)cc1. The Hall–Kier alpha value is -2.23. The smallest absolute Gasteiger partial charge is 0.251 e. The van der Waals surface area contributed by atoms with Gasteiger partial charge in [0.25, 0.3) is 5.91 Å². The summed E-state index contributed by atoms with van der Waals surface area (Å²) < 4.78 is 5.62. The Bertz CT molecular complexity index is 558. The Labute approximate surface area is 119 Å². The van der Waals surface area contributed by atoms with E-state index in [9.17, 15) is 4.79 Å². The van der Waals surface area contributed by atoms with E-state index >= 15 is 0 Å². The quantitative estimate of drug-likeness (QED) is 0.849. The van der Waals surface area contributed by atoms with Crippen LogP contribution in [0.5, 0.6) is 0 Å². The molecule has 2 rings (SSSR count). The predicted octanol–water partition coefficient (Wildman–Crippen LogP) is 3.20. The van der Waals surface area contributed by atoms with Crippen LogP contribution in [0.2, 0.25) is 0 Å². The molecule has 0 atom stereocenters. The molecule has 2 aromatic rings. The second-order valence-corrected chi connectivity index (χ2v) is 4.51. The number of aryl methyl sites for hydroxylation is 1. The summed E-state index contributed by atoms with van der Waals surface area (Å²) >= 11 is 0. The first-order chi connectivity index (χ1) is 9.72. The summed E-state index contributed by atoms with van der Waals surface area (Å²) in [6.45, 7) is 5.25. The second kappa shape index (κ2) is 6.80. The predicted molar refractivity (Wildman–Crippen MR) is 79.9 cm³/mol. The molecule has 2 N–H and O–H groups in total. The molecule has 0 aliphatic rings. The van der Waals surface area contributed by atoms with Crippen molar-refractivity contribution in [3.8, 4) is 0 Å². The van der Waals surface area contributed by atoms with Gasteiger partial charge in [-0.15, -0.1) is 0 Å². The molecule has 20 heavy (non-hydrogen) atoms. The highest BCUT2D eigenvalue weighted by Crippen LogP contribution is 2.13. The molecule has 1 aromatic heterocycles. The Morgan fingerprint density at radius 3 is 2.35 bits per heavy atom. The van der Waals surface area contributed by atoms with Crippen molar-refractivity contribution in [3.63, 3.8) is 0 Å². The first-order valence-electron chi connectivity index (χ1n) is 6.92. The highest BCUT2D eigenvalue weighted by molar-refractivity contribution is 5.94. The van der Waals surface area contributed by atoms with Gasteiger partial charge in [-0.3, -0.25) is 4.79 Å². The van der Waals surface area contributed by atoms with E-state index in [2.05, 4.69) is 17.6 Å². The first kappa shape index (κ1) is 14.2. The molecule has 4 heteroatoms. The molecule has 0 unspecified atom stereocenters. The van der Waals surface area contributed by atoms with Gasteiger partial charge in [0.2, 0.25) is 0 Å². The number of amides is 1. The molecule has 106 valence electrons. The zero-order valence-corrected chi connectivity index (χ0v) is 11.9. The molecular weight excluding hydrogens is 252 g/mol. The molecule has 0 bridgehead atoms. The number of nitrogens with one attached hydrogen (secondary N) is 2. The van der Waals surface area contributed by atoms with Crippen molar-refractivity contribution < 1.29 is 9.21 Å². The van der Waals surface area contributed by atoms with Crippen molar-refractivity contribution in [1.29, 1.82) is 0 Å². The Balaban J connectivity index is 1.92. The lowest BCUT2D eigenvalue weighted by Crippen LogP contribution is -2.22. The summed E-state index contributed by atoms with van der Waals surface area (Å²) in [5.41, 5.74) is 1.64. The monoisotopic (exact) mass is 272 g/mol. The van der Waals surface area contributed by atoms with E-state index in [1.54, 1.807) is 0 Å². The van der Waals surface area contributed by atoms with Gasteiger partial charge in [-0.2, -0.15) is 0 Å². The van der Waals surface area contributed by atoms with Gasteiger partial charge in [-0.05, 0) is 43.3 Å². The number of hydrogen-bond donors (Lipinski definition) is 2. The van der Waals surface area contributed by atoms with Gasteiger partial charge >= 0.3 is 0 Å². The number of carbonyl (C=O) groups excluding carboxylic acids is 1. The number of hydrogen-bond acceptors (Lipinski definition) is 3. The molecule has 0 spiro atoms. The van der Waals surface area contributed by atoms with Gasteiger partial charge in [0.1, 0.15) is 11.5 Å². The fourth-order valence-electron chi connectivity index (χ4n) is 1.90. The zero-order chi connectivity index (χ0) is 14.4. The van der Waals surface area contributed by atoms with Crippen molar-refractivity contribution in [2.45, 2.75) is 26.8 Å². The zero-order valence-electron chi connectivity index (χ0n) is 11.9. The third-order valence-corrected chi connectivity index (χ3v) is 3.02. The highest BCUT2D eigenvalue weighted by atomic mass is 16.3. The van der Waals surface area contributed by atoms with E-state index < -0.39 is 0 Å². The molecule has 0 aliphatic heterocycles. The van der Waals surface area contributed by atoms with Crippen molar-refractivity contribution >= 4 is 11.6 Å². The maximum Gasteiger partial charge on any atom is 0.251 e. The summed E-state index contributed by atoms with van der Waals surface area (Å²) in [6.07, 6.45) is 0.904. The van der Waals surface area contributed by atoms with Gasteiger partial charge in [0.15, 0.2) is 0 Å². The van der Waals surface area contributed by atoms with E-state index in [4.69, 9.17) is 4.42 Å². The van der Waals surface area contributed by atoms with Gasteiger partial charge in [0, 0.05) is 24.2 Å². The third kappa shape index (κ3) is 3.63. The summed E-state index contributed by atoms with van der Waals surface area (Å²) in [6, 6.07) is 11.4. The maximum atomic E-state index is 11.6. The van der Waals surface area contributed by atoms with Crippen LogP contribution in [-0.4, -0.2) is 12.5 Å². The molecular formula is C16H20N2O2. The van der Waals surface area contributed by atoms with Crippen LogP contribution in [-0.2, 0) is 13.0 Å². The molecule has 0 aliphatic carbocycles. The standard InChI is InChI=1S/C16H20N2O2/c1-3-14-9-10-15(20-14)11-18-13-7-5-12(6-8-13)16(19)17-4-2/h5-10,18H,3-4,11H2,1-2H3,(H,17,19). The van der Waals surface area contributed by atoms with Crippen LogP contribution in [0.15, 0.2) is 40.8 Å². The van der Waals surface area contributed by atoms with Crippen molar-refractivity contribution in [2.24, 2.45) is 0 Å². The van der Waals surface area contributed by atoms with Crippen LogP contribution in [0.1, 0.15) is 35.7 Å². The van der Waals surface area contributed by atoms with Gasteiger partial charge < -0.3 is 15.1 Å². The molecule has 1 heterocycles. The minimum absolute atomic E-state index is 0.0438.